The maximum atomic E-state index is 13.3. The van der Waals surface area contributed by atoms with E-state index in [4.69, 9.17) is 4.74 Å². The molecule has 0 bridgehead atoms. The van der Waals surface area contributed by atoms with Gasteiger partial charge >= 0.3 is 5.97 Å². The number of thioether (sulfide) groups is 2. The van der Waals surface area contributed by atoms with E-state index in [2.05, 4.69) is 30.8 Å². The first-order valence-electron chi connectivity index (χ1n) is 15.9. The van der Waals surface area contributed by atoms with E-state index in [1.165, 1.54) is 85.7 Å². The highest BCUT2D eigenvalue weighted by molar-refractivity contribution is 7.98. The second-order valence-electron chi connectivity index (χ2n) is 11.1. The Balaban J connectivity index is 0.000000174. The van der Waals surface area contributed by atoms with E-state index in [9.17, 15) is 23.2 Å². The lowest BCUT2D eigenvalue weighted by molar-refractivity contribution is -0.141. The average Bonchev–Trinajstić information content (AvgIpc) is 3.95. The molecule has 5 heterocycles. The molecule has 0 amide bonds. The summed E-state index contributed by atoms with van der Waals surface area (Å²) in [4.78, 5) is 54.3. The van der Waals surface area contributed by atoms with Crippen LogP contribution >= 0.6 is 23.5 Å². The van der Waals surface area contributed by atoms with Crippen LogP contribution in [0.3, 0.4) is 0 Å². The molecule has 2 aromatic carbocycles. The summed E-state index contributed by atoms with van der Waals surface area (Å²) < 4.78 is 34.7. The molecular formula is C35H36F2N8O4S2. The molecule has 16 heteroatoms. The summed E-state index contributed by atoms with van der Waals surface area (Å²) in [6.07, 6.45) is 9.04. The van der Waals surface area contributed by atoms with Gasteiger partial charge in [-0.15, -0.1) is 0 Å². The normalized spacial score (nSPS) is 13.7. The summed E-state index contributed by atoms with van der Waals surface area (Å²) in [6.45, 7) is 3.73. The van der Waals surface area contributed by atoms with Gasteiger partial charge < -0.3 is 4.74 Å². The smallest absolute Gasteiger partial charge is 0.321 e. The fourth-order valence-electron chi connectivity index (χ4n) is 5.46. The Hall–Kier alpha value is -4.77. The topological polar surface area (TPSA) is 146 Å². The van der Waals surface area contributed by atoms with Crippen LogP contribution in [0.25, 0.3) is 22.5 Å². The van der Waals surface area contributed by atoms with Gasteiger partial charge in [0.25, 0.3) is 5.56 Å². The third-order valence-corrected chi connectivity index (χ3v) is 8.99. The number of benzene rings is 2. The van der Waals surface area contributed by atoms with Crippen molar-refractivity contribution >= 4 is 35.3 Å². The van der Waals surface area contributed by atoms with E-state index in [-0.39, 0.29) is 17.1 Å². The highest BCUT2D eigenvalue weighted by atomic mass is 32.2. The van der Waals surface area contributed by atoms with Gasteiger partial charge in [-0.1, -0.05) is 47.8 Å². The maximum absolute atomic E-state index is 13.3. The molecule has 2 aliphatic rings. The summed E-state index contributed by atoms with van der Waals surface area (Å²) in [6, 6.07) is 14.4. The van der Waals surface area contributed by atoms with Gasteiger partial charge in [-0.3, -0.25) is 29.9 Å². The van der Waals surface area contributed by atoms with E-state index >= 15 is 0 Å². The van der Waals surface area contributed by atoms with E-state index in [1.807, 2.05) is 17.0 Å². The molecule has 12 nitrogen and oxygen atoms in total. The molecule has 1 unspecified atom stereocenters. The zero-order chi connectivity index (χ0) is 36.3. The lowest BCUT2D eigenvalue weighted by Crippen LogP contribution is -2.24. The van der Waals surface area contributed by atoms with Gasteiger partial charge in [-0.2, -0.15) is 0 Å². The van der Waals surface area contributed by atoms with Crippen molar-refractivity contribution in [2.75, 3.05) is 32.7 Å². The molecule has 2 N–H and O–H groups in total. The van der Waals surface area contributed by atoms with E-state index in [0.29, 0.717) is 39.2 Å². The number of ether oxygens (including phenoxy) is 1. The quantitative estimate of drug-likeness (QED) is 0.0728. The van der Waals surface area contributed by atoms with Gasteiger partial charge in [0.05, 0.1) is 24.1 Å². The molecule has 51 heavy (non-hydrogen) atoms. The molecule has 5 aromatic rings. The van der Waals surface area contributed by atoms with Crippen LogP contribution < -0.4 is 16.4 Å². The number of Topliss-reactive ketones (excluding diaryl/α,β-unsaturated/α-hetero) is 1. The molecule has 2 aliphatic heterocycles. The fraction of sp³-hybridized carbons (Fsp3) is 0.286. The molecule has 1 saturated heterocycles. The molecule has 266 valence electrons. The third kappa shape index (κ3) is 9.13. The first-order valence-corrected chi connectivity index (χ1v) is 18.4. The minimum Gasteiger partial charge on any atom is -0.468 e. The van der Waals surface area contributed by atoms with Crippen LogP contribution in [0.15, 0.2) is 88.2 Å². The minimum absolute atomic E-state index is 0.0570. The van der Waals surface area contributed by atoms with Crippen LogP contribution in [-0.2, 0) is 22.6 Å². The highest BCUT2D eigenvalue weighted by Crippen LogP contribution is 2.32. The Morgan fingerprint density at radius 3 is 1.98 bits per heavy atom. The maximum Gasteiger partial charge on any atom is 0.321 e. The molecule has 0 aliphatic carbocycles. The van der Waals surface area contributed by atoms with Crippen molar-refractivity contribution in [2.24, 2.45) is 0 Å². The number of halogens is 2. The highest BCUT2D eigenvalue weighted by Gasteiger charge is 2.31. The molecule has 1 atom stereocenters. The van der Waals surface area contributed by atoms with Gasteiger partial charge in [-0.25, -0.2) is 33.4 Å². The second kappa shape index (κ2) is 17.9. The van der Waals surface area contributed by atoms with E-state index in [1.54, 1.807) is 29.3 Å². The summed E-state index contributed by atoms with van der Waals surface area (Å²) in [5.74, 6) is -3.20. The Bertz CT molecular complexity index is 2010. The number of nitrogens with one attached hydrogen (secondary N) is 2. The first-order chi connectivity index (χ1) is 24.7. The molecule has 1 fully saturated rings. The number of hydrogen-bond donors (Lipinski definition) is 2. The number of carbonyl (C=O) groups excluding carboxylic acids is 2. The standard InChI is InChI=1S/C17H15FN4OS.C15H13FN2O3S.C3H8N2/c1-24-17-19-8-7-13(20-17)15-14(11-3-5-12(18)6-4-11)16(23)22-10-2-9-21(15)22;1-21-14(20)12(9-3-5-10(16)6-4-9)13(19)11-7-8-17-15(18-11)22-2;1-2-4-5-3-1/h3-8H,2,9-10H2,1H3;3-8,12H,1-2H3;4-5H,1-3H2. The first kappa shape index (κ1) is 37.5. The number of nitrogens with zero attached hydrogens (tertiary/aromatic N) is 6. The Morgan fingerprint density at radius 1 is 0.804 bits per heavy atom. The molecular weight excluding hydrogens is 699 g/mol. The van der Waals surface area contributed by atoms with Crippen molar-refractivity contribution in [3.63, 3.8) is 0 Å². The third-order valence-electron chi connectivity index (χ3n) is 7.87. The van der Waals surface area contributed by atoms with Crippen molar-refractivity contribution in [1.29, 1.82) is 0 Å². The Labute approximate surface area is 301 Å². The Kier molecular flexibility index (Phi) is 13.2. The minimum atomic E-state index is -1.18. The van der Waals surface area contributed by atoms with Crippen molar-refractivity contribution in [1.82, 2.24) is 40.2 Å². The van der Waals surface area contributed by atoms with Gasteiger partial charge in [0, 0.05) is 38.6 Å². The summed E-state index contributed by atoms with van der Waals surface area (Å²) in [5.41, 5.74) is 9.11. The van der Waals surface area contributed by atoms with E-state index in [0.717, 1.165) is 31.7 Å². The van der Waals surface area contributed by atoms with Gasteiger partial charge in [0.2, 0.25) is 0 Å². The second-order valence-corrected chi connectivity index (χ2v) is 12.6. The van der Waals surface area contributed by atoms with Gasteiger partial charge in [0.15, 0.2) is 16.1 Å². The number of esters is 1. The lowest BCUT2D eigenvalue weighted by Gasteiger charge is -2.13. The number of ketones is 1. The van der Waals surface area contributed by atoms with E-state index < -0.39 is 23.5 Å². The van der Waals surface area contributed by atoms with Crippen molar-refractivity contribution in [3.8, 4) is 22.5 Å². The zero-order valence-corrected chi connectivity index (χ0v) is 29.8. The number of aromatic nitrogens is 6. The van der Waals surface area contributed by atoms with Crippen molar-refractivity contribution < 1.29 is 23.1 Å². The van der Waals surface area contributed by atoms with Gasteiger partial charge in [0.1, 0.15) is 23.2 Å². The monoisotopic (exact) mass is 734 g/mol. The lowest BCUT2D eigenvalue weighted by atomic mass is 9.93. The van der Waals surface area contributed by atoms with Crippen LogP contribution in [0.5, 0.6) is 0 Å². The van der Waals surface area contributed by atoms with Crippen LogP contribution in [0.2, 0.25) is 0 Å². The molecule has 0 spiro atoms. The predicted octanol–water partition coefficient (Wildman–Crippen LogP) is 5.00. The molecule has 3 aromatic heterocycles. The van der Waals surface area contributed by atoms with Crippen LogP contribution in [-0.4, -0.2) is 73.8 Å². The number of fused-ring (bicyclic) bond motifs is 1. The number of rotatable bonds is 8. The number of carbonyl (C=O) groups is 2. The molecule has 0 radical (unpaired) electrons. The number of methoxy groups -OCH3 is 1. The summed E-state index contributed by atoms with van der Waals surface area (Å²) in [5, 5.41) is 1.08. The molecule has 0 saturated carbocycles. The molecule has 7 rings (SSSR count). The van der Waals surface area contributed by atoms with Crippen LogP contribution in [0.1, 0.15) is 34.8 Å². The zero-order valence-electron chi connectivity index (χ0n) is 28.1. The van der Waals surface area contributed by atoms with Crippen molar-refractivity contribution in [2.45, 2.75) is 42.2 Å². The number of hydrazine groups is 1. The fourth-order valence-corrected chi connectivity index (χ4v) is 6.17. The SMILES string of the molecule is C1CNNC1.COC(=O)C(C(=O)c1ccnc(SC)n1)c1ccc(F)cc1.CSc1nccc(-c2c(-c3ccc(F)cc3)c(=O)n3n2CCC3)n1. The number of hydrogen-bond acceptors (Lipinski definition) is 12. The van der Waals surface area contributed by atoms with Crippen LogP contribution in [0, 0.1) is 11.6 Å². The Morgan fingerprint density at radius 2 is 1.39 bits per heavy atom. The largest absolute Gasteiger partial charge is 0.468 e. The predicted molar refractivity (Wildman–Crippen MR) is 191 cm³/mol. The summed E-state index contributed by atoms with van der Waals surface area (Å²) in [7, 11) is 1.19. The van der Waals surface area contributed by atoms with Crippen molar-refractivity contribution in [3.05, 3.63) is 106 Å². The van der Waals surface area contributed by atoms with Gasteiger partial charge in [-0.05, 0) is 72.9 Å². The van der Waals surface area contributed by atoms with Crippen LogP contribution in [0.4, 0.5) is 8.78 Å². The average molecular weight is 735 g/mol. The summed E-state index contributed by atoms with van der Waals surface area (Å²) >= 11 is 2.74.